The van der Waals surface area contributed by atoms with Crippen LogP contribution in [-0.2, 0) is 4.74 Å². The molecule has 4 rings (SSSR count). The van der Waals surface area contributed by atoms with Crippen molar-refractivity contribution in [3.05, 3.63) is 42.7 Å². The van der Waals surface area contributed by atoms with Crippen LogP contribution in [0.5, 0.6) is 0 Å². The van der Waals surface area contributed by atoms with Crippen molar-refractivity contribution in [1.82, 2.24) is 20.3 Å². The number of benzene rings is 1. The molecule has 3 N–H and O–H groups in total. The van der Waals surface area contributed by atoms with Crippen molar-refractivity contribution in [2.45, 2.75) is 6.10 Å². The molecule has 0 aliphatic carbocycles. The lowest BCUT2D eigenvalue weighted by Crippen LogP contribution is -2.42. The predicted molar refractivity (Wildman–Crippen MR) is 125 cm³/mol. The average molecular weight is 429 g/mol. The number of hydrogen-bond acceptors (Lipinski definition) is 8. The summed E-state index contributed by atoms with van der Waals surface area (Å²) in [5, 5.41) is 15.9. The standard InChI is InChI=1S/C21H26N6O2.H2S/c1-27(9-10-28)16-4-2-15(3-5-16)18-12-19-20(24-7-6-23-19)21(26-18)25-14-17-13-22-8-11-29-17;/h2-7,12,17,22,28H,8-11,13-14H2,1H3,(H,25,26);1H2/t17-;/m0./s1. The van der Waals surface area contributed by atoms with Crippen LogP contribution in [0.3, 0.4) is 0 Å². The van der Waals surface area contributed by atoms with E-state index in [1.54, 1.807) is 12.4 Å². The van der Waals surface area contributed by atoms with Gasteiger partial charge in [0.1, 0.15) is 5.52 Å². The quantitative estimate of drug-likeness (QED) is 0.523. The van der Waals surface area contributed by atoms with Crippen molar-refractivity contribution < 1.29 is 9.84 Å². The van der Waals surface area contributed by atoms with E-state index in [1.807, 2.05) is 42.3 Å². The third kappa shape index (κ3) is 5.17. The Balaban J connectivity index is 0.00000256. The molecule has 0 bridgehead atoms. The van der Waals surface area contributed by atoms with Crippen LogP contribution in [0.1, 0.15) is 0 Å². The molecule has 1 fully saturated rings. The van der Waals surface area contributed by atoms with Gasteiger partial charge in [0.2, 0.25) is 0 Å². The van der Waals surface area contributed by atoms with E-state index in [4.69, 9.17) is 14.8 Å². The molecule has 8 nitrogen and oxygen atoms in total. The Morgan fingerprint density at radius 1 is 1.23 bits per heavy atom. The molecule has 0 amide bonds. The molecule has 3 heterocycles. The molecule has 3 aromatic rings. The smallest absolute Gasteiger partial charge is 0.154 e. The Morgan fingerprint density at radius 2 is 2.03 bits per heavy atom. The van der Waals surface area contributed by atoms with Gasteiger partial charge in [-0.2, -0.15) is 13.5 Å². The molecule has 30 heavy (non-hydrogen) atoms. The number of nitrogens with one attached hydrogen (secondary N) is 2. The Bertz CT molecular complexity index is 950. The highest BCUT2D eigenvalue weighted by Gasteiger charge is 2.15. The molecule has 2 aromatic heterocycles. The second kappa shape index (κ2) is 10.5. The van der Waals surface area contributed by atoms with Gasteiger partial charge >= 0.3 is 0 Å². The Hall–Kier alpha value is -2.46. The van der Waals surface area contributed by atoms with E-state index >= 15 is 0 Å². The van der Waals surface area contributed by atoms with Gasteiger partial charge in [-0.1, -0.05) is 12.1 Å². The number of likely N-dealkylation sites (N-methyl/N-ethyl adjacent to an activating group) is 1. The first-order chi connectivity index (χ1) is 14.2. The first-order valence-corrected chi connectivity index (χ1v) is 9.85. The summed E-state index contributed by atoms with van der Waals surface area (Å²) in [5.74, 6) is 0.709. The normalized spacial score (nSPS) is 16.1. The summed E-state index contributed by atoms with van der Waals surface area (Å²) in [6, 6.07) is 10.1. The second-order valence-corrected chi connectivity index (χ2v) is 7.05. The number of anilines is 2. The number of pyridine rings is 1. The van der Waals surface area contributed by atoms with Gasteiger partial charge in [-0.05, 0) is 18.2 Å². The minimum Gasteiger partial charge on any atom is -0.395 e. The molecule has 0 spiro atoms. The minimum atomic E-state index is 0. The maximum atomic E-state index is 9.12. The first-order valence-electron chi connectivity index (χ1n) is 9.85. The fourth-order valence-corrected chi connectivity index (χ4v) is 3.37. The SMILES string of the molecule is CN(CCO)c1ccc(-c2cc3nccnc3c(NC[C@@H]3CNCCO3)n2)cc1.S. The molecule has 1 atom stereocenters. The van der Waals surface area contributed by atoms with Gasteiger partial charge in [-0.25, -0.2) is 9.97 Å². The van der Waals surface area contributed by atoms with E-state index in [-0.39, 0.29) is 26.2 Å². The van der Waals surface area contributed by atoms with E-state index in [2.05, 4.69) is 20.6 Å². The van der Waals surface area contributed by atoms with Crippen LogP contribution in [0.15, 0.2) is 42.7 Å². The lowest BCUT2D eigenvalue weighted by atomic mass is 10.1. The molecular formula is C21H28N6O2S. The Morgan fingerprint density at radius 3 is 2.77 bits per heavy atom. The minimum absolute atomic E-state index is 0. The van der Waals surface area contributed by atoms with Crippen molar-refractivity contribution in [3.8, 4) is 11.3 Å². The van der Waals surface area contributed by atoms with Crippen LogP contribution in [0.4, 0.5) is 11.5 Å². The summed E-state index contributed by atoms with van der Waals surface area (Å²) >= 11 is 0. The van der Waals surface area contributed by atoms with E-state index < -0.39 is 0 Å². The Kier molecular flexibility index (Phi) is 7.81. The number of aromatic nitrogens is 3. The van der Waals surface area contributed by atoms with Crippen molar-refractivity contribution in [1.29, 1.82) is 0 Å². The van der Waals surface area contributed by atoms with Gasteiger partial charge in [0.25, 0.3) is 0 Å². The predicted octanol–water partition coefficient (Wildman–Crippen LogP) is 1.63. The summed E-state index contributed by atoms with van der Waals surface area (Å²) in [7, 11) is 1.96. The van der Waals surface area contributed by atoms with Gasteiger partial charge in [0.15, 0.2) is 5.82 Å². The van der Waals surface area contributed by atoms with Crippen molar-refractivity contribution in [2.24, 2.45) is 0 Å². The first kappa shape index (κ1) is 22.2. The third-order valence-electron chi connectivity index (χ3n) is 5.00. The lowest BCUT2D eigenvalue weighted by molar-refractivity contribution is 0.0372. The number of aliphatic hydroxyl groups excluding tert-OH is 1. The largest absolute Gasteiger partial charge is 0.395 e. The lowest BCUT2D eigenvalue weighted by Gasteiger charge is -2.24. The summed E-state index contributed by atoms with van der Waals surface area (Å²) in [5.41, 5.74) is 4.42. The van der Waals surface area contributed by atoms with E-state index in [9.17, 15) is 0 Å². The molecule has 0 saturated carbocycles. The van der Waals surface area contributed by atoms with Crippen LogP contribution >= 0.6 is 13.5 Å². The van der Waals surface area contributed by atoms with Crippen molar-refractivity contribution in [3.63, 3.8) is 0 Å². The maximum absolute atomic E-state index is 9.12. The number of ether oxygens (including phenoxy) is 1. The number of morpholine rings is 1. The molecule has 1 saturated heterocycles. The molecule has 1 aliphatic rings. The molecule has 0 unspecified atom stereocenters. The van der Waals surface area contributed by atoms with Gasteiger partial charge < -0.3 is 25.4 Å². The van der Waals surface area contributed by atoms with E-state index in [0.717, 1.165) is 47.7 Å². The number of aliphatic hydroxyl groups is 1. The Labute approximate surface area is 183 Å². The highest BCUT2D eigenvalue weighted by Crippen LogP contribution is 2.27. The molecule has 1 aliphatic heterocycles. The maximum Gasteiger partial charge on any atom is 0.154 e. The van der Waals surface area contributed by atoms with E-state index in [0.29, 0.717) is 18.9 Å². The molecule has 160 valence electrons. The van der Waals surface area contributed by atoms with Gasteiger partial charge in [0, 0.05) is 56.9 Å². The number of rotatable bonds is 7. The number of hydrogen-bond donors (Lipinski definition) is 3. The van der Waals surface area contributed by atoms with Crippen LogP contribution in [-0.4, -0.2) is 72.6 Å². The monoisotopic (exact) mass is 428 g/mol. The molecule has 0 radical (unpaired) electrons. The second-order valence-electron chi connectivity index (χ2n) is 7.05. The van der Waals surface area contributed by atoms with Crippen LogP contribution in [0.25, 0.3) is 22.3 Å². The molecular weight excluding hydrogens is 400 g/mol. The average Bonchev–Trinajstić information content (AvgIpc) is 2.78. The zero-order chi connectivity index (χ0) is 20.1. The fourth-order valence-electron chi connectivity index (χ4n) is 3.37. The molecule has 9 heteroatoms. The van der Waals surface area contributed by atoms with Crippen molar-refractivity contribution in [2.75, 3.05) is 56.7 Å². The third-order valence-corrected chi connectivity index (χ3v) is 5.00. The van der Waals surface area contributed by atoms with Crippen LogP contribution in [0, 0.1) is 0 Å². The van der Waals surface area contributed by atoms with Gasteiger partial charge in [-0.15, -0.1) is 0 Å². The topological polar surface area (TPSA) is 95.4 Å². The zero-order valence-electron chi connectivity index (χ0n) is 17.0. The van der Waals surface area contributed by atoms with E-state index in [1.165, 1.54) is 0 Å². The summed E-state index contributed by atoms with van der Waals surface area (Å²) in [6.45, 7) is 3.80. The highest BCUT2D eigenvalue weighted by molar-refractivity contribution is 7.59. The zero-order valence-corrected chi connectivity index (χ0v) is 18.0. The summed E-state index contributed by atoms with van der Waals surface area (Å²) < 4.78 is 5.77. The van der Waals surface area contributed by atoms with Crippen LogP contribution in [0.2, 0.25) is 0 Å². The van der Waals surface area contributed by atoms with Gasteiger partial charge in [-0.3, -0.25) is 4.98 Å². The summed E-state index contributed by atoms with van der Waals surface area (Å²) in [4.78, 5) is 15.8. The fraction of sp³-hybridized carbons (Fsp3) is 0.381. The summed E-state index contributed by atoms with van der Waals surface area (Å²) in [6.07, 6.45) is 3.47. The number of fused-ring (bicyclic) bond motifs is 1. The van der Waals surface area contributed by atoms with Gasteiger partial charge in [0.05, 0.1) is 30.5 Å². The highest BCUT2D eigenvalue weighted by atomic mass is 32.1. The number of nitrogens with zero attached hydrogens (tertiary/aromatic N) is 4. The van der Waals surface area contributed by atoms with Crippen LogP contribution < -0.4 is 15.5 Å². The van der Waals surface area contributed by atoms with Crippen molar-refractivity contribution >= 4 is 36.0 Å². The molecule has 1 aromatic carbocycles.